The Kier molecular flexibility index (Phi) is 5.93. The second-order valence-electron chi connectivity index (χ2n) is 4.11. The molecule has 1 heterocycles. The van der Waals surface area contributed by atoms with Gasteiger partial charge in [-0.15, -0.1) is 0 Å². The average molecular weight is 265 g/mol. The van der Waals surface area contributed by atoms with E-state index in [-0.39, 0.29) is 26.0 Å². The van der Waals surface area contributed by atoms with Crippen molar-refractivity contribution in [2.24, 2.45) is 5.73 Å². The predicted molar refractivity (Wildman–Crippen MR) is 58.6 cm³/mol. The summed E-state index contributed by atoms with van der Waals surface area (Å²) >= 11 is 0. The second kappa shape index (κ2) is 6.98. The lowest BCUT2D eigenvalue weighted by Crippen LogP contribution is -2.58. The number of carboxylic acids is 1. The van der Waals surface area contributed by atoms with Crippen LogP contribution in [0.5, 0.6) is 0 Å². The van der Waals surface area contributed by atoms with Gasteiger partial charge in [0.25, 0.3) is 0 Å². The Hall–Kier alpha value is -0.770. The molecule has 0 amide bonds. The van der Waals surface area contributed by atoms with Gasteiger partial charge in [-0.3, -0.25) is 4.79 Å². The first-order valence-corrected chi connectivity index (χ1v) is 5.70. The molecule has 0 bridgehead atoms. The van der Waals surface area contributed by atoms with E-state index >= 15 is 0 Å². The molecular weight excluding hydrogens is 246 g/mol. The number of nitrogens with two attached hydrogens (primary N) is 1. The van der Waals surface area contributed by atoms with E-state index in [1.807, 2.05) is 0 Å². The SMILES string of the molecule is NCCO[C@H]1OC(CCC(=O)O)[C@@H](O)[C@H](O)C1O. The van der Waals surface area contributed by atoms with Crippen LogP contribution in [0, 0.1) is 0 Å². The second-order valence-corrected chi connectivity index (χ2v) is 4.11. The fraction of sp³-hybridized carbons (Fsp3) is 0.900. The van der Waals surface area contributed by atoms with Gasteiger partial charge in [0.2, 0.25) is 0 Å². The van der Waals surface area contributed by atoms with Crippen LogP contribution < -0.4 is 5.73 Å². The van der Waals surface area contributed by atoms with Gasteiger partial charge < -0.3 is 35.6 Å². The molecule has 0 radical (unpaired) electrons. The van der Waals surface area contributed by atoms with E-state index in [0.717, 1.165) is 0 Å². The Balaban J connectivity index is 2.58. The molecule has 18 heavy (non-hydrogen) atoms. The quantitative estimate of drug-likeness (QED) is 0.359. The van der Waals surface area contributed by atoms with Crippen molar-refractivity contribution < 1.29 is 34.7 Å². The number of aliphatic hydroxyl groups excluding tert-OH is 3. The number of aliphatic hydroxyl groups is 3. The Labute approximate surface area is 104 Å². The summed E-state index contributed by atoms with van der Waals surface area (Å²) in [5, 5.41) is 37.4. The molecule has 2 unspecified atom stereocenters. The molecule has 0 aliphatic carbocycles. The third-order valence-corrected chi connectivity index (χ3v) is 2.71. The van der Waals surface area contributed by atoms with Gasteiger partial charge in [0.1, 0.15) is 18.3 Å². The van der Waals surface area contributed by atoms with Crippen LogP contribution in [0.15, 0.2) is 0 Å². The summed E-state index contributed by atoms with van der Waals surface area (Å²) in [5.41, 5.74) is 5.23. The maximum Gasteiger partial charge on any atom is 0.303 e. The minimum Gasteiger partial charge on any atom is -0.481 e. The molecule has 8 heteroatoms. The van der Waals surface area contributed by atoms with Gasteiger partial charge in [-0.25, -0.2) is 0 Å². The fourth-order valence-corrected chi connectivity index (χ4v) is 1.74. The van der Waals surface area contributed by atoms with E-state index < -0.39 is 36.7 Å². The van der Waals surface area contributed by atoms with Crippen molar-refractivity contribution in [1.29, 1.82) is 0 Å². The van der Waals surface area contributed by atoms with Gasteiger partial charge in [0, 0.05) is 13.0 Å². The monoisotopic (exact) mass is 265 g/mol. The molecule has 0 saturated carbocycles. The summed E-state index contributed by atoms with van der Waals surface area (Å²) in [6.45, 7) is 0.335. The van der Waals surface area contributed by atoms with Crippen molar-refractivity contribution in [3.8, 4) is 0 Å². The van der Waals surface area contributed by atoms with Crippen LogP contribution in [-0.4, -0.2) is 70.3 Å². The normalized spacial score (nSPS) is 36.6. The number of ether oxygens (including phenoxy) is 2. The van der Waals surface area contributed by atoms with E-state index in [0.29, 0.717) is 0 Å². The zero-order chi connectivity index (χ0) is 13.7. The molecule has 5 atom stereocenters. The largest absolute Gasteiger partial charge is 0.481 e. The van der Waals surface area contributed by atoms with Crippen LogP contribution in [0.25, 0.3) is 0 Å². The fourth-order valence-electron chi connectivity index (χ4n) is 1.74. The topological polar surface area (TPSA) is 142 Å². The lowest BCUT2D eigenvalue weighted by atomic mass is 9.96. The first kappa shape index (κ1) is 15.3. The zero-order valence-corrected chi connectivity index (χ0v) is 9.81. The van der Waals surface area contributed by atoms with Crippen LogP contribution in [0.2, 0.25) is 0 Å². The Morgan fingerprint density at radius 2 is 1.89 bits per heavy atom. The predicted octanol–water partition coefficient (Wildman–Crippen LogP) is -2.37. The summed E-state index contributed by atoms with van der Waals surface area (Å²) in [6, 6.07) is 0. The minimum absolute atomic E-state index is 0.0166. The van der Waals surface area contributed by atoms with Crippen molar-refractivity contribution in [2.75, 3.05) is 13.2 Å². The van der Waals surface area contributed by atoms with Crippen molar-refractivity contribution in [3.63, 3.8) is 0 Å². The van der Waals surface area contributed by atoms with E-state index in [1.165, 1.54) is 0 Å². The summed E-state index contributed by atoms with van der Waals surface area (Å²) in [4.78, 5) is 10.5. The summed E-state index contributed by atoms with van der Waals surface area (Å²) < 4.78 is 10.3. The zero-order valence-electron chi connectivity index (χ0n) is 9.81. The van der Waals surface area contributed by atoms with Gasteiger partial charge in [-0.2, -0.15) is 0 Å². The third kappa shape index (κ3) is 3.87. The van der Waals surface area contributed by atoms with E-state index in [2.05, 4.69) is 0 Å². The van der Waals surface area contributed by atoms with Gasteiger partial charge in [0.15, 0.2) is 6.29 Å². The number of hydrogen-bond donors (Lipinski definition) is 5. The smallest absolute Gasteiger partial charge is 0.303 e. The maximum absolute atomic E-state index is 10.5. The Bertz CT molecular complexity index is 275. The van der Waals surface area contributed by atoms with Crippen LogP contribution in [-0.2, 0) is 14.3 Å². The lowest BCUT2D eigenvalue weighted by molar-refractivity contribution is -0.296. The molecule has 106 valence electrons. The summed E-state index contributed by atoms with van der Waals surface area (Å²) in [5.74, 6) is -1.04. The molecule has 1 aliphatic heterocycles. The number of aliphatic carboxylic acids is 1. The lowest BCUT2D eigenvalue weighted by Gasteiger charge is -2.40. The van der Waals surface area contributed by atoms with Crippen molar-refractivity contribution in [1.82, 2.24) is 0 Å². The number of rotatable bonds is 6. The van der Waals surface area contributed by atoms with Gasteiger partial charge in [-0.05, 0) is 6.42 Å². The van der Waals surface area contributed by atoms with Crippen molar-refractivity contribution in [2.45, 2.75) is 43.5 Å². The van der Waals surface area contributed by atoms with Crippen molar-refractivity contribution in [3.05, 3.63) is 0 Å². The van der Waals surface area contributed by atoms with E-state index in [1.54, 1.807) is 0 Å². The van der Waals surface area contributed by atoms with Crippen LogP contribution in [0.1, 0.15) is 12.8 Å². The van der Waals surface area contributed by atoms with Crippen LogP contribution in [0.3, 0.4) is 0 Å². The number of hydrogen-bond acceptors (Lipinski definition) is 7. The standard InChI is InChI=1S/C10H19NO7/c11-3-4-17-10-9(16)8(15)7(14)5(18-10)1-2-6(12)13/h5,7-10,14-16H,1-4,11H2,(H,12,13)/t5?,7-,8+,9?,10+/m1/s1. The minimum atomic E-state index is -1.44. The first-order chi connectivity index (χ1) is 8.47. The molecule has 1 fully saturated rings. The van der Waals surface area contributed by atoms with Gasteiger partial charge in [-0.1, -0.05) is 0 Å². The molecule has 6 N–H and O–H groups in total. The van der Waals surface area contributed by atoms with Gasteiger partial charge >= 0.3 is 5.97 Å². The highest BCUT2D eigenvalue weighted by molar-refractivity contribution is 5.66. The summed E-state index contributed by atoms with van der Waals surface area (Å²) in [7, 11) is 0. The molecule has 0 aromatic carbocycles. The number of carbonyl (C=O) groups is 1. The molecular formula is C10H19NO7. The Morgan fingerprint density at radius 1 is 1.22 bits per heavy atom. The molecule has 1 rings (SSSR count). The Morgan fingerprint density at radius 3 is 2.44 bits per heavy atom. The van der Waals surface area contributed by atoms with Crippen LogP contribution >= 0.6 is 0 Å². The molecule has 0 spiro atoms. The summed E-state index contributed by atoms with van der Waals surface area (Å²) in [6.07, 6.45) is -6.41. The van der Waals surface area contributed by atoms with E-state index in [9.17, 15) is 20.1 Å². The first-order valence-electron chi connectivity index (χ1n) is 5.70. The highest BCUT2D eigenvalue weighted by atomic mass is 16.7. The highest BCUT2D eigenvalue weighted by Crippen LogP contribution is 2.24. The third-order valence-electron chi connectivity index (χ3n) is 2.71. The van der Waals surface area contributed by atoms with E-state index in [4.69, 9.17) is 20.3 Å². The van der Waals surface area contributed by atoms with Crippen LogP contribution in [0.4, 0.5) is 0 Å². The molecule has 1 aliphatic rings. The molecule has 8 nitrogen and oxygen atoms in total. The molecule has 1 saturated heterocycles. The average Bonchev–Trinajstić information content (AvgIpc) is 2.34. The maximum atomic E-state index is 10.5. The highest BCUT2D eigenvalue weighted by Gasteiger charge is 2.44. The van der Waals surface area contributed by atoms with Gasteiger partial charge in [0.05, 0.1) is 12.7 Å². The molecule has 0 aromatic heterocycles. The molecule has 0 aromatic rings. The van der Waals surface area contributed by atoms with Crippen molar-refractivity contribution >= 4 is 5.97 Å². The number of carboxylic acid groups (broad SMARTS) is 1.